The van der Waals surface area contributed by atoms with Crippen LogP contribution in [-0.2, 0) is 17.9 Å². The van der Waals surface area contributed by atoms with Gasteiger partial charge in [0.2, 0.25) is 0 Å². The molecule has 0 unspecified atom stereocenters. The minimum atomic E-state index is -0.501. The number of amides is 1. The molecule has 1 aromatic carbocycles. The molecule has 0 fully saturated rings. The molecule has 0 aliphatic carbocycles. The number of nitrogens with two attached hydrogens (primary N) is 1. The third-order valence-electron chi connectivity index (χ3n) is 3.57. The number of hydrogen-bond donors (Lipinski definition) is 2. The minimum absolute atomic E-state index is 0.00471. The van der Waals surface area contributed by atoms with Crippen LogP contribution in [0.4, 0.5) is 10.2 Å². The summed E-state index contributed by atoms with van der Waals surface area (Å²) in [6.07, 6.45) is 3.59. The van der Waals surface area contributed by atoms with Gasteiger partial charge in [-0.05, 0) is 25.1 Å². The van der Waals surface area contributed by atoms with Gasteiger partial charge in [-0.3, -0.25) is 4.79 Å². The lowest BCUT2D eigenvalue weighted by atomic mass is 10.1. The molecule has 0 bridgehead atoms. The van der Waals surface area contributed by atoms with E-state index in [2.05, 4.69) is 10.3 Å². The summed E-state index contributed by atoms with van der Waals surface area (Å²) in [5, 5.41) is 2.64. The first-order chi connectivity index (χ1) is 12.6. The molecular weight excluding hydrogens is 337 g/mol. The van der Waals surface area contributed by atoms with Gasteiger partial charge in [-0.25, -0.2) is 9.37 Å². The number of allylic oxidation sites excluding steroid dienone is 1. The van der Waals surface area contributed by atoms with Crippen molar-refractivity contribution >= 4 is 11.7 Å². The van der Waals surface area contributed by atoms with Crippen molar-refractivity contribution in [3.8, 4) is 5.75 Å². The zero-order valence-corrected chi connectivity index (χ0v) is 14.8. The molecule has 138 valence electrons. The molecule has 0 saturated carbocycles. The van der Waals surface area contributed by atoms with Crippen LogP contribution in [0.1, 0.15) is 28.5 Å². The van der Waals surface area contributed by atoms with Gasteiger partial charge < -0.3 is 20.5 Å². The molecule has 2 rings (SSSR count). The molecule has 1 amide bonds. The van der Waals surface area contributed by atoms with Gasteiger partial charge in [0.15, 0.2) is 11.6 Å². The fraction of sp³-hybridized carbons (Fsp3) is 0.263. The van der Waals surface area contributed by atoms with Crippen LogP contribution >= 0.6 is 0 Å². The second-order valence-electron chi connectivity index (χ2n) is 5.46. The van der Waals surface area contributed by atoms with Crippen molar-refractivity contribution < 1.29 is 18.7 Å². The normalized spacial score (nSPS) is 10.9. The van der Waals surface area contributed by atoms with Crippen molar-refractivity contribution in [3.63, 3.8) is 0 Å². The van der Waals surface area contributed by atoms with Crippen molar-refractivity contribution in [2.75, 3.05) is 19.5 Å². The predicted octanol–water partition coefficient (Wildman–Crippen LogP) is 2.83. The second-order valence-corrected chi connectivity index (χ2v) is 5.46. The number of nitrogen functional groups attached to an aromatic ring is 1. The van der Waals surface area contributed by atoms with Gasteiger partial charge in [0.25, 0.3) is 5.91 Å². The average Bonchev–Trinajstić information content (AvgIpc) is 2.62. The average molecular weight is 359 g/mol. The standard InChI is InChI=1S/C19H22FN3O3/c1-3-4-10-26-16-7-5-6-13(17(16)20)11-22-19(24)15-9-8-14(12-25-2)23-18(15)21/h3-9H,10-12H2,1-2H3,(H2,21,23)(H,22,24). The fourth-order valence-corrected chi connectivity index (χ4v) is 2.25. The van der Waals surface area contributed by atoms with E-state index in [-0.39, 0.29) is 30.3 Å². The molecule has 0 spiro atoms. The third kappa shape index (κ3) is 5.03. The van der Waals surface area contributed by atoms with Crippen LogP contribution in [0.15, 0.2) is 42.5 Å². The monoisotopic (exact) mass is 359 g/mol. The summed E-state index contributed by atoms with van der Waals surface area (Å²) in [5.41, 5.74) is 6.99. The number of carbonyl (C=O) groups excluding carboxylic acids is 1. The number of halogens is 1. The van der Waals surface area contributed by atoms with Gasteiger partial charge in [0.05, 0.1) is 17.9 Å². The summed E-state index contributed by atoms with van der Waals surface area (Å²) in [5.74, 6) is -0.696. The number of pyridine rings is 1. The van der Waals surface area contributed by atoms with Crippen molar-refractivity contribution in [1.29, 1.82) is 0 Å². The smallest absolute Gasteiger partial charge is 0.255 e. The number of aromatic nitrogens is 1. The van der Waals surface area contributed by atoms with E-state index in [1.165, 1.54) is 0 Å². The predicted molar refractivity (Wildman–Crippen MR) is 97.2 cm³/mol. The van der Waals surface area contributed by atoms with Crippen LogP contribution in [0.2, 0.25) is 0 Å². The van der Waals surface area contributed by atoms with Crippen LogP contribution in [-0.4, -0.2) is 24.6 Å². The van der Waals surface area contributed by atoms with E-state index < -0.39 is 11.7 Å². The first-order valence-electron chi connectivity index (χ1n) is 8.10. The molecule has 1 heterocycles. The zero-order valence-electron chi connectivity index (χ0n) is 14.8. The number of ether oxygens (including phenoxy) is 2. The lowest BCUT2D eigenvalue weighted by Gasteiger charge is -2.11. The Morgan fingerprint density at radius 1 is 1.35 bits per heavy atom. The van der Waals surface area contributed by atoms with Gasteiger partial charge in [0.1, 0.15) is 12.4 Å². The molecular formula is C19H22FN3O3. The molecule has 2 aromatic rings. The molecule has 3 N–H and O–H groups in total. The Labute approximate surface area is 151 Å². The van der Waals surface area contributed by atoms with Gasteiger partial charge in [-0.15, -0.1) is 0 Å². The number of nitrogens with one attached hydrogen (secondary N) is 1. The van der Waals surface area contributed by atoms with Gasteiger partial charge >= 0.3 is 0 Å². The Bertz CT molecular complexity index is 794. The highest BCUT2D eigenvalue weighted by Crippen LogP contribution is 2.20. The summed E-state index contributed by atoms with van der Waals surface area (Å²) in [4.78, 5) is 16.4. The summed E-state index contributed by atoms with van der Waals surface area (Å²) in [7, 11) is 1.55. The zero-order chi connectivity index (χ0) is 18.9. The summed E-state index contributed by atoms with van der Waals surface area (Å²) < 4.78 is 24.7. The Balaban J connectivity index is 2.04. The maximum Gasteiger partial charge on any atom is 0.255 e. The number of benzene rings is 1. The van der Waals surface area contributed by atoms with E-state index in [4.69, 9.17) is 15.2 Å². The topological polar surface area (TPSA) is 86.5 Å². The van der Waals surface area contributed by atoms with Gasteiger partial charge in [-0.2, -0.15) is 0 Å². The van der Waals surface area contributed by atoms with E-state index in [1.807, 2.05) is 13.0 Å². The number of hydrogen-bond acceptors (Lipinski definition) is 5. The number of anilines is 1. The first-order valence-corrected chi connectivity index (χ1v) is 8.10. The van der Waals surface area contributed by atoms with Crippen LogP contribution < -0.4 is 15.8 Å². The van der Waals surface area contributed by atoms with E-state index in [0.29, 0.717) is 17.9 Å². The second kappa shape index (κ2) is 9.53. The Kier molecular flexibility index (Phi) is 7.11. The molecule has 0 radical (unpaired) electrons. The lowest BCUT2D eigenvalue weighted by molar-refractivity contribution is 0.0951. The molecule has 0 atom stereocenters. The minimum Gasteiger partial charge on any atom is -0.486 e. The third-order valence-corrected chi connectivity index (χ3v) is 3.57. The maximum atomic E-state index is 14.4. The van der Waals surface area contributed by atoms with Crippen LogP contribution in [0.25, 0.3) is 0 Å². The highest BCUT2D eigenvalue weighted by molar-refractivity contribution is 5.98. The van der Waals surface area contributed by atoms with E-state index in [9.17, 15) is 9.18 Å². The fourth-order valence-electron chi connectivity index (χ4n) is 2.25. The molecule has 1 aromatic heterocycles. The van der Waals surface area contributed by atoms with E-state index >= 15 is 0 Å². The van der Waals surface area contributed by atoms with Crippen molar-refractivity contribution in [2.45, 2.75) is 20.1 Å². The summed E-state index contributed by atoms with van der Waals surface area (Å²) in [6.45, 7) is 2.44. The number of nitrogens with zero attached hydrogens (tertiary/aromatic N) is 1. The van der Waals surface area contributed by atoms with Crippen LogP contribution in [0, 0.1) is 5.82 Å². The Hall–Kier alpha value is -2.93. The molecule has 7 heteroatoms. The van der Waals surface area contributed by atoms with Crippen molar-refractivity contribution in [2.24, 2.45) is 0 Å². The quantitative estimate of drug-likeness (QED) is 0.708. The SMILES string of the molecule is CC=CCOc1cccc(CNC(=O)c2ccc(COC)nc2N)c1F. The highest BCUT2D eigenvalue weighted by atomic mass is 19.1. The van der Waals surface area contributed by atoms with Gasteiger partial charge in [-0.1, -0.05) is 24.3 Å². The van der Waals surface area contributed by atoms with Gasteiger partial charge in [0, 0.05) is 19.2 Å². The molecule has 0 saturated heterocycles. The molecule has 26 heavy (non-hydrogen) atoms. The first kappa shape index (κ1) is 19.4. The molecule has 0 aliphatic rings. The lowest BCUT2D eigenvalue weighted by Crippen LogP contribution is -2.25. The van der Waals surface area contributed by atoms with E-state index in [1.54, 1.807) is 43.5 Å². The molecule has 6 nitrogen and oxygen atoms in total. The van der Waals surface area contributed by atoms with Crippen molar-refractivity contribution in [1.82, 2.24) is 10.3 Å². The summed E-state index contributed by atoms with van der Waals surface area (Å²) >= 11 is 0. The van der Waals surface area contributed by atoms with Crippen LogP contribution in [0.3, 0.4) is 0 Å². The Morgan fingerprint density at radius 3 is 2.85 bits per heavy atom. The van der Waals surface area contributed by atoms with Crippen molar-refractivity contribution in [3.05, 3.63) is 65.1 Å². The number of methoxy groups -OCH3 is 1. The largest absolute Gasteiger partial charge is 0.486 e. The van der Waals surface area contributed by atoms with E-state index in [0.717, 1.165) is 0 Å². The van der Waals surface area contributed by atoms with Crippen LogP contribution in [0.5, 0.6) is 5.75 Å². The maximum absolute atomic E-state index is 14.4. The summed E-state index contributed by atoms with van der Waals surface area (Å²) in [6, 6.07) is 8.02. The number of rotatable bonds is 8. The number of carbonyl (C=O) groups is 1. The molecule has 0 aliphatic heterocycles. The Morgan fingerprint density at radius 2 is 2.15 bits per heavy atom. The highest BCUT2D eigenvalue weighted by Gasteiger charge is 2.14.